The summed E-state index contributed by atoms with van der Waals surface area (Å²) in [7, 11) is 0. The van der Waals surface area contributed by atoms with Gasteiger partial charge >= 0.3 is 6.18 Å². The smallest absolute Gasteiger partial charge is 0.249 e. The van der Waals surface area contributed by atoms with Crippen LogP contribution < -0.4 is 0 Å². The number of rotatable bonds is 1. The van der Waals surface area contributed by atoms with Crippen LogP contribution >= 0.6 is 15.9 Å². The zero-order valence-corrected chi connectivity index (χ0v) is 10.1. The van der Waals surface area contributed by atoms with Gasteiger partial charge in [-0.3, -0.25) is 0 Å². The maximum Gasteiger partial charge on any atom is 0.416 e. The van der Waals surface area contributed by atoms with Crippen LogP contribution in [0.3, 0.4) is 0 Å². The molecule has 17 heavy (non-hydrogen) atoms. The molecule has 1 heterocycles. The first-order valence-electron chi connectivity index (χ1n) is 4.76. The summed E-state index contributed by atoms with van der Waals surface area (Å²) in [6.07, 6.45) is -2.70. The van der Waals surface area contributed by atoms with Crippen LogP contribution in [0.25, 0.3) is 11.1 Å². The highest BCUT2D eigenvalue weighted by atomic mass is 79.9. The van der Waals surface area contributed by atoms with E-state index in [1.165, 1.54) is 12.1 Å². The van der Waals surface area contributed by atoms with E-state index in [1.54, 1.807) is 18.3 Å². The van der Waals surface area contributed by atoms with Gasteiger partial charge in [-0.15, -0.1) is 0 Å². The molecule has 0 saturated heterocycles. The van der Waals surface area contributed by atoms with E-state index < -0.39 is 11.7 Å². The third kappa shape index (κ3) is 2.85. The molecule has 2 aromatic rings. The largest absolute Gasteiger partial charge is 0.416 e. The molecule has 0 N–H and O–H groups in total. The predicted octanol–water partition coefficient (Wildman–Crippen LogP) is 4.53. The third-order valence-electron chi connectivity index (χ3n) is 2.27. The second-order valence-electron chi connectivity index (χ2n) is 3.44. The molecule has 0 saturated carbocycles. The van der Waals surface area contributed by atoms with Crippen LogP contribution in [0, 0.1) is 0 Å². The van der Waals surface area contributed by atoms with Gasteiger partial charge in [-0.05, 0) is 51.3 Å². The van der Waals surface area contributed by atoms with Gasteiger partial charge in [0.05, 0.1) is 5.56 Å². The molecule has 0 bridgehead atoms. The van der Waals surface area contributed by atoms with Crippen LogP contribution in [0.2, 0.25) is 0 Å². The Hall–Kier alpha value is -1.36. The Morgan fingerprint density at radius 2 is 1.59 bits per heavy atom. The third-order valence-corrected chi connectivity index (χ3v) is 2.71. The summed E-state index contributed by atoms with van der Waals surface area (Å²) in [6.45, 7) is 0. The second kappa shape index (κ2) is 4.49. The van der Waals surface area contributed by atoms with E-state index in [2.05, 4.69) is 20.9 Å². The van der Waals surface area contributed by atoms with Crippen molar-refractivity contribution in [3.8, 4) is 11.1 Å². The predicted molar refractivity (Wildman–Crippen MR) is 62.4 cm³/mol. The zero-order valence-electron chi connectivity index (χ0n) is 8.50. The quantitative estimate of drug-likeness (QED) is 0.705. The Labute approximate surface area is 104 Å². The number of aromatic nitrogens is 1. The van der Waals surface area contributed by atoms with Crippen molar-refractivity contribution in [2.75, 3.05) is 0 Å². The number of hydrogen-bond acceptors (Lipinski definition) is 1. The minimum absolute atomic E-state index is 0.644. The first kappa shape index (κ1) is 12.1. The Bertz CT molecular complexity index is 520. The van der Waals surface area contributed by atoms with Crippen LogP contribution in [-0.4, -0.2) is 4.98 Å². The zero-order chi connectivity index (χ0) is 12.5. The van der Waals surface area contributed by atoms with E-state index in [9.17, 15) is 13.2 Å². The number of nitrogens with zero attached hydrogens (tertiary/aromatic N) is 1. The molecule has 5 heteroatoms. The van der Waals surface area contributed by atoms with Crippen molar-refractivity contribution >= 4 is 15.9 Å². The molecule has 0 amide bonds. The van der Waals surface area contributed by atoms with E-state index in [1.807, 2.05) is 0 Å². The molecule has 0 fully saturated rings. The molecule has 1 aromatic carbocycles. The SMILES string of the molecule is FC(F)(F)c1ccc(-c2ccnc(Br)c2)cc1. The van der Waals surface area contributed by atoms with Gasteiger partial charge in [-0.1, -0.05) is 12.1 Å². The standard InChI is InChI=1S/C12H7BrF3N/c13-11-7-9(5-6-17-11)8-1-3-10(4-2-8)12(14,15)16/h1-7H. The van der Waals surface area contributed by atoms with E-state index in [4.69, 9.17) is 0 Å². The van der Waals surface area contributed by atoms with Crippen molar-refractivity contribution in [1.29, 1.82) is 0 Å². The van der Waals surface area contributed by atoms with Gasteiger partial charge in [0.25, 0.3) is 0 Å². The molecule has 88 valence electrons. The van der Waals surface area contributed by atoms with Crippen LogP contribution in [0.4, 0.5) is 13.2 Å². The summed E-state index contributed by atoms with van der Waals surface area (Å²) in [5.74, 6) is 0. The van der Waals surface area contributed by atoms with E-state index in [0.29, 0.717) is 4.60 Å². The van der Waals surface area contributed by atoms with Gasteiger partial charge in [-0.2, -0.15) is 13.2 Å². The van der Waals surface area contributed by atoms with Crippen molar-refractivity contribution in [3.05, 3.63) is 52.8 Å². The monoisotopic (exact) mass is 301 g/mol. The highest BCUT2D eigenvalue weighted by Crippen LogP contribution is 2.31. The Morgan fingerprint density at radius 3 is 2.12 bits per heavy atom. The average molecular weight is 302 g/mol. The summed E-state index contributed by atoms with van der Waals surface area (Å²) in [5.41, 5.74) is 0.899. The molecule has 0 spiro atoms. The van der Waals surface area contributed by atoms with Crippen molar-refractivity contribution in [2.24, 2.45) is 0 Å². The van der Waals surface area contributed by atoms with Crippen molar-refractivity contribution in [1.82, 2.24) is 4.98 Å². The summed E-state index contributed by atoms with van der Waals surface area (Å²) in [5, 5.41) is 0. The maximum atomic E-state index is 12.4. The molecule has 0 atom stereocenters. The summed E-state index contributed by atoms with van der Waals surface area (Å²) < 4.78 is 37.8. The lowest BCUT2D eigenvalue weighted by atomic mass is 10.1. The molecular weight excluding hydrogens is 295 g/mol. The molecule has 1 nitrogen and oxygen atoms in total. The van der Waals surface area contributed by atoms with Crippen LogP contribution in [0.5, 0.6) is 0 Å². The normalized spacial score (nSPS) is 11.5. The summed E-state index contributed by atoms with van der Waals surface area (Å²) >= 11 is 3.21. The number of pyridine rings is 1. The van der Waals surface area contributed by atoms with Gasteiger partial charge in [0.15, 0.2) is 0 Å². The topological polar surface area (TPSA) is 12.9 Å². The molecule has 2 rings (SSSR count). The molecular formula is C12H7BrF3N. The van der Waals surface area contributed by atoms with Gasteiger partial charge in [0.1, 0.15) is 4.60 Å². The Morgan fingerprint density at radius 1 is 0.941 bits per heavy atom. The fourth-order valence-electron chi connectivity index (χ4n) is 1.43. The van der Waals surface area contributed by atoms with Gasteiger partial charge in [-0.25, -0.2) is 4.98 Å². The molecule has 0 aliphatic heterocycles. The lowest BCUT2D eigenvalue weighted by Gasteiger charge is -2.07. The number of hydrogen-bond donors (Lipinski definition) is 0. The minimum atomic E-state index is -4.29. The van der Waals surface area contributed by atoms with Crippen LogP contribution in [0.1, 0.15) is 5.56 Å². The first-order chi connectivity index (χ1) is 7.97. The fraction of sp³-hybridized carbons (Fsp3) is 0.0833. The van der Waals surface area contributed by atoms with Crippen molar-refractivity contribution in [3.63, 3.8) is 0 Å². The lowest BCUT2D eigenvalue weighted by Crippen LogP contribution is -2.03. The van der Waals surface area contributed by atoms with Crippen molar-refractivity contribution in [2.45, 2.75) is 6.18 Å². The molecule has 0 aliphatic carbocycles. The average Bonchev–Trinajstić information content (AvgIpc) is 2.28. The van der Waals surface area contributed by atoms with Gasteiger partial charge < -0.3 is 0 Å². The molecule has 0 aliphatic rings. The van der Waals surface area contributed by atoms with Gasteiger partial charge in [0.2, 0.25) is 0 Å². The highest BCUT2D eigenvalue weighted by molar-refractivity contribution is 9.10. The van der Waals surface area contributed by atoms with Crippen molar-refractivity contribution < 1.29 is 13.2 Å². The van der Waals surface area contributed by atoms with Crippen LogP contribution in [0.15, 0.2) is 47.2 Å². The molecule has 0 radical (unpaired) electrons. The minimum Gasteiger partial charge on any atom is -0.249 e. The summed E-state index contributed by atoms with van der Waals surface area (Å²) in [6, 6.07) is 8.54. The van der Waals surface area contributed by atoms with E-state index >= 15 is 0 Å². The highest BCUT2D eigenvalue weighted by Gasteiger charge is 2.29. The molecule has 1 aromatic heterocycles. The Kier molecular flexibility index (Phi) is 3.19. The number of benzene rings is 1. The van der Waals surface area contributed by atoms with E-state index in [0.717, 1.165) is 23.3 Å². The lowest BCUT2D eigenvalue weighted by molar-refractivity contribution is -0.137. The molecule has 0 unspecified atom stereocenters. The van der Waals surface area contributed by atoms with Crippen LogP contribution in [-0.2, 0) is 6.18 Å². The van der Waals surface area contributed by atoms with Gasteiger partial charge in [0, 0.05) is 6.20 Å². The Balaban J connectivity index is 2.36. The number of halogens is 4. The number of alkyl halides is 3. The fourth-order valence-corrected chi connectivity index (χ4v) is 1.80. The first-order valence-corrected chi connectivity index (χ1v) is 5.55. The van der Waals surface area contributed by atoms with E-state index in [-0.39, 0.29) is 0 Å². The summed E-state index contributed by atoms with van der Waals surface area (Å²) in [4.78, 5) is 3.96. The maximum absolute atomic E-state index is 12.4. The second-order valence-corrected chi connectivity index (χ2v) is 4.25.